The van der Waals surface area contributed by atoms with Crippen LogP contribution in [0.4, 0.5) is 13.6 Å². The number of nitrogens with zero attached hydrogens (tertiary/aromatic N) is 3. The molecule has 2 amide bonds. The van der Waals surface area contributed by atoms with Crippen LogP contribution in [-0.4, -0.2) is 56.4 Å². The summed E-state index contributed by atoms with van der Waals surface area (Å²) in [5.74, 6) is -3.65. The Morgan fingerprint density at radius 1 is 1.04 bits per heavy atom. The Bertz CT molecular complexity index is 1480. The third-order valence-corrected chi connectivity index (χ3v) is 7.04. The molecule has 0 aliphatic rings. The van der Waals surface area contributed by atoms with Crippen molar-refractivity contribution in [1.82, 2.24) is 20.0 Å². The first-order chi connectivity index (χ1) is 21.0. The van der Waals surface area contributed by atoms with Crippen LogP contribution in [0, 0.1) is 23.0 Å². The lowest BCUT2D eigenvalue weighted by molar-refractivity contribution is -0.146. The Morgan fingerprint density at radius 3 is 2.31 bits per heavy atom. The van der Waals surface area contributed by atoms with E-state index in [1.165, 1.54) is 4.68 Å². The van der Waals surface area contributed by atoms with E-state index >= 15 is 0 Å². The van der Waals surface area contributed by atoms with Crippen LogP contribution in [0.25, 0.3) is 5.69 Å². The average Bonchev–Trinajstić information content (AvgIpc) is 3.32. The summed E-state index contributed by atoms with van der Waals surface area (Å²) in [7, 11) is 0. The molecular weight excluding hydrogens is 582 g/mol. The topological polar surface area (TPSA) is 114 Å². The average molecular weight is 627 g/mol. The number of benzene rings is 2. The number of rotatable bonds is 12. The Labute approximate surface area is 263 Å². The molecule has 3 aromatic rings. The monoisotopic (exact) mass is 626 g/mol. The van der Waals surface area contributed by atoms with Crippen LogP contribution in [0.1, 0.15) is 84.2 Å². The molecule has 3 rings (SSSR count). The van der Waals surface area contributed by atoms with Gasteiger partial charge in [0.15, 0.2) is 0 Å². The number of carbonyl (C=O) groups excluding carboxylic acids is 2. The van der Waals surface area contributed by atoms with E-state index in [0.717, 1.165) is 23.8 Å². The summed E-state index contributed by atoms with van der Waals surface area (Å²) >= 11 is 0. The Hall–Kier alpha value is -4.28. The second-order valence-electron chi connectivity index (χ2n) is 13.3. The van der Waals surface area contributed by atoms with Crippen LogP contribution in [0.5, 0.6) is 0 Å². The molecule has 0 radical (unpaired) electrons. The van der Waals surface area contributed by atoms with E-state index in [1.807, 2.05) is 51.1 Å². The van der Waals surface area contributed by atoms with E-state index in [-0.39, 0.29) is 25.2 Å². The van der Waals surface area contributed by atoms with Gasteiger partial charge in [-0.15, -0.1) is 0 Å². The zero-order valence-corrected chi connectivity index (χ0v) is 27.1. The van der Waals surface area contributed by atoms with E-state index in [2.05, 4.69) is 5.32 Å². The summed E-state index contributed by atoms with van der Waals surface area (Å²) in [6.45, 7) is 13.0. The van der Waals surface area contributed by atoms with Gasteiger partial charge < -0.3 is 20.1 Å². The van der Waals surface area contributed by atoms with Gasteiger partial charge in [0.1, 0.15) is 22.9 Å². The number of halogens is 2. The quantitative estimate of drug-likeness (QED) is 0.217. The van der Waals surface area contributed by atoms with Crippen molar-refractivity contribution in [2.45, 2.75) is 79.4 Å². The lowest BCUT2D eigenvalue weighted by Crippen LogP contribution is -2.45. The van der Waals surface area contributed by atoms with E-state index in [4.69, 9.17) is 9.84 Å². The lowest BCUT2D eigenvalue weighted by Gasteiger charge is -2.41. The number of ether oxygens (including phenoxy) is 1. The van der Waals surface area contributed by atoms with Crippen molar-refractivity contribution in [3.8, 4) is 5.69 Å². The molecule has 0 fully saturated rings. The summed E-state index contributed by atoms with van der Waals surface area (Å²) in [4.78, 5) is 39.4. The van der Waals surface area contributed by atoms with Crippen LogP contribution >= 0.6 is 0 Å². The minimum atomic E-state index is -1.11. The molecule has 2 N–H and O–H groups in total. The highest BCUT2D eigenvalue weighted by Crippen LogP contribution is 2.41. The summed E-state index contributed by atoms with van der Waals surface area (Å²) in [5, 5.41) is 16.9. The second kappa shape index (κ2) is 14.7. The van der Waals surface area contributed by atoms with Crippen LogP contribution in [0.15, 0.2) is 54.7 Å². The fourth-order valence-electron chi connectivity index (χ4n) is 5.17. The van der Waals surface area contributed by atoms with E-state index in [0.29, 0.717) is 24.1 Å². The van der Waals surface area contributed by atoms with E-state index in [9.17, 15) is 28.3 Å². The first-order valence-electron chi connectivity index (χ1n) is 15.0. The van der Waals surface area contributed by atoms with Gasteiger partial charge in [0, 0.05) is 43.3 Å². The third kappa shape index (κ3) is 10.1. The number of hydrogen-bond donors (Lipinski definition) is 2. The van der Waals surface area contributed by atoms with Crippen molar-refractivity contribution in [3.63, 3.8) is 0 Å². The summed E-state index contributed by atoms with van der Waals surface area (Å²) in [6, 6.07) is 12.0. The second-order valence-corrected chi connectivity index (χ2v) is 13.3. The van der Waals surface area contributed by atoms with Gasteiger partial charge >= 0.3 is 12.1 Å². The predicted molar refractivity (Wildman–Crippen MR) is 167 cm³/mol. The summed E-state index contributed by atoms with van der Waals surface area (Å²) in [5.41, 5.74) is 0.727. The molecule has 0 aliphatic heterocycles. The molecule has 11 heteroatoms. The number of nitrogens with one attached hydrogen (secondary N) is 1. The molecule has 2 aromatic carbocycles. The first kappa shape index (κ1) is 35.2. The number of hydrogen-bond acceptors (Lipinski definition) is 5. The predicted octanol–water partition coefficient (Wildman–Crippen LogP) is 6.68. The first-order valence-corrected chi connectivity index (χ1v) is 15.0. The fourth-order valence-corrected chi connectivity index (χ4v) is 5.17. The molecule has 45 heavy (non-hydrogen) atoms. The van der Waals surface area contributed by atoms with Gasteiger partial charge in [-0.1, -0.05) is 58.0 Å². The summed E-state index contributed by atoms with van der Waals surface area (Å²) < 4.78 is 35.8. The molecule has 1 unspecified atom stereocenters. The van der Waals surface area contributed by atoms with Crippen molar-refractivity contribution in [3.05, 3.63) is 83.2 Å². The smallest absolute Gasteiger partial charge is 0.407 e. The highest BCUT2D eigenvalue weighted by atomic mass is 19.1. The number of aromatic nitrogens is 2. The minimum absolute atomic E-state index is 0.0816. The van der Waals surface area contributed by atoms with Gasteiger partial charge in [-0.25, -0.2) is 18.3 Å². The van der Waals surface area contributed by atoms with Gasteiger partial charge in [-0.3, -0.25) is 9.59 Å². The van der Waals surface area contributed by atoms with Gasteiger partial charge in [-0.2, -0.15) is 5.10 Å². The van der Waals surface area contributed by atoms with Crippen LogP contribution < -0.4 is 5.32 Å². The molecule has 1 aromatic heterocycles. The zero-order chi connectivity index (χ0) is 33.5. The van der Waals surface area contributed by atoms with Crippen molar-refractivity contribution in [2.75, 3.05) is 13.1 Å². The molecule has 0 bridgehead atoms. The SMILES string of the molecule is CC(CC(=O)O)C(=O)N(CCCNC(=O)OC(C)(C)C)[C@@H](c1nn(-c2cc(F)ccc2F)cc1Cc1ccccc1)C(C)(C)C. The maximum absolute atomic E-state index is 15.0. The summed E-state index contributed by atoms with van der Waals surface area (Å²) in [6.07, 6.45) is 1.42. The number of carboxylic acid groups (broad SMARTS) is 1. The molecule has 2 atom stereocenters. The molecule has 0 saturated heterocycles. The van der Waals surface area contributed by atoms with Gasteiger partial charge in [0.2, 0.25) is 5.91 Å². The van der Waals surface area contributed by atoms with Crippen molar-refractivity contribution in [2.24, 2.45) is 11.3 Å². The minimum Gasteiger partial charge on any atom is -0.481 e. The zero-order valence-electron chi connectivity index (χ0n) is 27.1. The molecule has 0 saturated carbocycles. The largest absolute Gasteiger partial charge is 0.481 e. The third-order valence-electron chi connectivity index (χ3n) is 7.04. The highest BCUT2D eigenvalue weighted by molar-refractivity contribution is 5.83. The van der Waals surface area contributed by atoms with E-state index in [1.54, 1.807) is 38.8 Å². The van der Waals surface area contributed by atoms with Gasteiger partial charge in [-0.05, 0) is 50.3 Å². The molecular formula is C34H44F2N4O5. The molecule has 9 nitrogen and oxygen atoms in total. The lowest BCUT2D eigenvalue weighted by atomic mass is 9.81. The fraction of sp³-hybridized carbons (Fsp3) is 0.471. The highest BCUT2D eigenvalue weighted by Gasteiger charge is 2.39. The van der Waals surface area contributed by atoms with Crippen LogP contribution in [0.3, 0.4) is 0 Å². The molecule has 0 spiro atoms. The Morgan fingerprint density at radius 2 is 1.71 bits per heavy atom. The Balaban J connectivity index is 2.10. The number of amides is 2. The maximum Gasteiger partial charge on any atom is 0.407 e. The number of carbonyl (C=O) groups is 3. The molecule has 0 aliphatic carbocycles. The van der Waals surface area contributed by atoms with Crippen molar-refractivity contribution in [1.29, 1.82) is 0 Å². The van der Waals surface area contributed by atoms with Gasteiger partial charge in [0.05, 0.1) is 18.2 Å². The Kier molecular flexibility index (Phi) is 11.5. The van der Waals surface area contributed by atoms with Crippen LogP contribution in [-0.2, 0) is 20.7 Å². The molecule has 1 heterocycles. The van der Waals surface area contributed by atoms with Crippen molar-refractivity contribution < 1.29 is 33.0 Å². The van der Waals surface area contributed by atoms with Gasteiger partial charge in [0.25, 0.3) is 0 Å². The number of alkyl carbamates (subject to hydrolysis) is 1. The normalized spacial score (nSPS) is 13.2. The molecule has 244 valence electrons. The number of aliphatic carboxylic acids is 1. The standard InChI is InChI=1S/C34H44F2N4O5/c1-22(18-28(41)42)31(43)39(17-11-16-37-32(44)45-34(5,6)7)30(33(2,3)4)29-24(19-23-12-9-8-10-13-23)21-40(38-29)27-20-25(35)14-15-26(27)36/h8-10,12-15,20-22,30H,11,16-19H2,1-7H3,(H,37,44)(H,41,42)/t22?,30-/m0/s1. The maximum atomic E-state index is 15.0. The van der Waals surface area contributed by atoms with E-state index < -0.39 is 52.6 Å². The van der Waals surface area contributed by atoms with Crippen LogP contribution in [0.2, 0.25) is 0 Å². The van der Waals surface area contributed by atoms with Crippen molar-refractivity contribution >= 4 is 18.0 Å². The number of carboxylic acids is 1.